The van der Waals surface area contributed by atoms with Gasteiger partial charge in [-0.1, -0.05) is 47.7 Å². The van der Waals surface area contributed by atoms with Crippen LogP contribution in [0.1, 0.15) is 24.1 Å². The molecule has 0 amide bonds. The van der Waals surface area contributed by atoms with Crippen molar-refractivity contribution < 1.29 is 23.4 Å². The van der Waals surface area contributed by atoms with E-state index in [2.05, 4.69) is 11.6 Å². The van der Waals surface area contributed by atoms with Crippen LogP contribution >= 0.6 is 22.9 Å². The quantitative estimate of drug-likeness (QED) is 0.344. The van der Waals surface area contributed by atoms with E-state index in [1.807, 2.05) is 0 Å². The summed E-state index contributed by atoms with van der Waals surface area (Å²) in [6, 6.07) is 8.52. The molecule has 36 heavy (non-hydrogen) atoms. The minimum atomic E-state index is -0.878. The lowest BCUT2D eigenvalue weighted by atomic mass is 9.95. The first-order valence-corrected chi connectivity index (χ1v) is 12.0. The van der Waals surface area contributed by atoms with Crippen molar-refractivity contribution in [2.75, 3.05) is 20.8 Å². The fraction of sp³-hybridized carbons (Fsp3) is 0.192. The highest BCUT2D eigenvalue weighted by Crippen LogP contribution is 2.36. The van der Waals surface area contributed by atoms with Crippen molar-refractivity contribution in [3.8, 4) is 11.5 Å². The van der Waals surface area contributed by atoms with E-state index in [0.29, 0.717) is 27.6 Å². The summed E-state index contributed by atoms with van der Waals surface area (Å²) in [5.74, 6) is -0.292. The molecule has 1 aromatic heterocycles. The van der Waals surface area contributed by atoms with Crippen molar-refractivity contribution in [1.82, 2.24) is 4.57 Å². The molecule has 0 fully saturated rings. The molecule has 0 bridgehead atoms. The number of ether oxygens (including phenoxy) is 3. The summed E-state index contributed by atoms with van der Waals surface area (Å²) in [5.41, 5.74) is 0.782. The Morgan fingerprint density at radius 3 is 2.67 bits per heavy atom. The fourth-order valence-corrected chi connectivity index (χ4v) is 5.16. The van der Waals surface area contributed by atoms with Crippen LogP contribution in [0.25, 0.3) is 6.08 Å². The number of allylic oxidation sites excluding steroid dienone is 1. The second kappa shape index (κ2) is 10.5. The number of nitrogens with zero attached hydrogens (tertiary/aromatic N) is 2. The van der Waals surface area contributed by atoms with Gasteiger partial charge in [-0.2, -0.15) is 0 Å². The number of hydrogen-bond acceptors (Lipinski definition) is 7. The largest absolute Gasteiger partial charge is 0.493 e. The van der Waals surface area contributed by atoms with Gasteiger partial charge in [0.1, 0.15) is 12.4 Å². The van der Waals surface area contributed by atoms with Crippen LogP contribution in [-0.2, 0) is 9.53 Å². The lowest BCUT2D eigenvalue weighted by molar-refractivity contribution is -0.138. The predicted octanol–water partition coefficient (Wildman–Crippen LogP) is 3.77. The third-order valence-electron chi connectivity index (χ3n) is 5.57. The zero-order chi connectivity index (χ0) is 26.0. The average molecular weight is 529 g/mol. The van der Waals surface area contributed by atoms with Crippen molar-refractivity contribution >= 4 is 35.0 Å². The Balaban J connectivity index is 1.99. The van der Waals surface area contributed by atoms with Gasteiger partial charge in [0.2, 0.25) is 0 Å². The summed E-state index contributed by atoms with van der Waals surface area (Å²) in [7, 11) is 3.00. The highest BCUT2D eigenvalue weighted by molar-refractivity contribution is 7.07. The molecular weight excluding hydrogens is 507 g/mol. The zero-order valence-corrected chi connectivity index (χ0v) is 21.3. The van der Waals surface area contributed by atoms with Crippen LogP contribution < -0.4 is 24.4 Å². The van der Waals surface area contributed by atoms with E-state index in [4.69, 9.17) is 25.8 Å². The Kier molecular flexibility index (Phi) is 7.42. The maximum absolute atomic E-state index is 14.4. The monoisotopic (exact) mass is 528 g/mol. The van der Waals surface area contributed by atoms with Crippen LogP contribution in [0.5, 0.6) is 11.5 Å². The Labute approximate surface area is 215 Å². The van der Waals surface area contributed by atoms with Gasteiger partial charge in [-0.15, -0.1) is 0 Å². The van der Waals surface area contributed by atoms with Crippen molar-refractivity contribution in [1.29, 1.82) is 0 Å². The molecule has 3 aromatic rings. The Morgan fingerprint density at radius 1 is 1.25 bits per heavy atom. The zero-order valence-electron chi connectivity index (χ0n) is 19.7. The molecule has 7 nitrogen and oxygen atoms in total. The highest BCUT2D eigenvalue weighted by atomic mass is 35.5. The number of rotatable bonds is 7. The van der Waals surface area contributed by atoms with Gasteiger partial charge in [0.15, 0.2) is 16.3 Å². The van der Waals surface area contributed by atoms with Crippen LogP contribution in [0.3, 0.4) is 0 Å². The number of benzene rings is 2. The normalized spacial score (nSPS) is 15.2. The topological polar surface area (TPSA) is 79.1 Å². The first-order valence-electron chi connectivity index (χ1n) is 10.8. The summed E-state index contributed by atoms with van der Waals surface area (Å²) < 4.78 is 32.2. The lowest BCUT2D eigenvalue weighted by Crippen LogP contribution is -2.40. The Morgan fingerprint density at radius 2 is 2.00 bits per heavy atom. The number of hydrogen-bond donors (Lipinski definition) is 0. The van der Waals surface area contributed by atoms with E-state index >= 15 is 0 Å². The van der Waals surface area contributed by atoms with Crippen LogP contribution in [0, 0.1) is 5.82 Å². The number of carbonyl (C=O) groups excluding carboxylic acids is 1. The average Bonchev–Trinajstić information content (AvgIpc) is 3.17. The molecule has 0 unspecified atom stereocenters. The molecule has 1 atom stereocenters. The maximum Gasteiger partial charge on any atom is 0.338 e. The second-order valence-electron chi connectivity index (χ2n) is 7.72. The Bertz CT molecular complexity index is 1550. The minimum absolute atomic E-state index is 0.00945. The molecule has 10 heteroatoms. The van der Waals surface area contributed by atoms with Crippen molar-refractivity contribution in [3.63, 3.8) is 0 Å². The Hall–Kier alpha value is -3.69. The molecule has 0 aliphatic carbocycles. The van der Waals surface area contributed by atoms with Crippen LogP contribution in [0.4, 0.5) is 4.39 Å². The van der Waals surface area contributed by atoms with Gasteiger partial charge in [0.25, 0.3) is 5.56 Å². The first-order chi connectivity index (χ1) is 17.3. The summed E-state index contributed by atoms with van der Waals surface area (Å²) in [4.78, 5) is 31.6. The van der Waals surface area contributed by atoms with Gasteiger partial charge >= 0.3 is 5.97 Å². The van der Waals surface area contributed by atoms with Gasteiger partial charge in [0, 0.05) is 5.56 Å². The molecule has 0 spiro atoms. The molecule has 0 radical (unpaired) electrons. The van der Waals surface area contributed by atoms with Gasteiger partial charge in [-0.3, -0.25) is 9.36 Å². The molecule has 1 aliphatic heterocycles. The molecule has 2 aromatic carbocycles. The molecular formula is C26H22ClFN2O5S. The number of aromatic nitrogens is 1. The lowest BCUT2D eigenvalue weighted by Gasteiger charge is -2.25. The van der Waals surface area contributed by atoms with Gasteiger partial charge in [0.05, 0.1) is 41.1 Å². The molecule has 186 valence electrons. The van der Waals surface area contributed by atoms with Crippen molar-refractivity contribution in [2.24, 2.45) is 4.99 Å². The smallest absolute Gasteiger partial charge is 0.338 e. The number of halogens is 2. The number of thiazole rings is 1. The number of fused-ring (bicyclic) bond motifs is 1. The third kappa shape index (κ3) is 4.59. The number of esters is 1. The molecule has 0 saturated heterocycles. The van der Waals surface area contributed by atoms with Crippen LogP contribution in [-0.4, -0.2) is 31.4 Å². The van der Waals surface area contributed by atoms with Crippen molar-refractivity contribution in [3.05, 3.63) is 102 Å². The maximum atomic E-state index is 14.4. The highest BCUT2D eigenvalue weighted by Gasteiger charge is 2.34. The molecule has 0 N–H and O–H groups in total. The minimum Gasteiger partial charge on any atom is -0.493 e. The molecule has 1 aliphatic rings. The summed E-state index contributed by atoms with van der Waals surface area (Å²) in [6.07, 6.45) is 2.84. The molecule has 4 rings (SSSR count). The van der Waals surface area contributed by atoms with E-state index < -0.39 is 23.4 Å². The predicted molar refractivity (Wildman–Crippen MR) is 136 cm³/mol. The SMILES string of the molecule is C=CCOC(=O)C1=C(C)N=c2s/c(=C\c3c(F)cccc3Cl)c(=O)n2[C@@H]1c1ccc(OC)c(OC)c1. The van der Waals surface area contributed by atoms with Gasteiger partial charge < -0.3 is 14.2 Å². The second-order valence-corrected chi connectivity index (χ2v) is 9.13. The molecule has 0 saturated carbocycles. The van der Waals surface area contributed by atoms with Crippen LogP contribution in [0.2, 0.25) is 5.02 Å². The summed E-state index contributed by atoms with van der Waals surface area (Å²) >= 11 is 7.25. The van der Waals surface area contributed by atoms with Crippen molar-refractivity contribution in [2.45, 2.75) is 13.0 Å². The number of carbonyl (C=O) groups is 1. The molecule has 2 heterocycles. The van der Waals surface area contributed by atoms with Gasteiger partial charge in [-0.05, 0) is 42.8 Å². The van der Waals surface area contributed by atoms with E-state index in [-0.39, 0.29) is 27.3 Å². The summed E-state index contributed by atoms with van der Waals surface area (Å²) in [5, 5.41) is 0.169. The van der Waals surface area contributed by atoms with Crippen LogP contribution in [0.15, 0.2) is 70.1 Å². The number of methoxy groups -OCH3 is 2. The third-order valence-corrected chi connectivity index (χ3v) is 6.88. The van der Waals surface area contributed by atoms with E-state index in [0.717, 1.165) is 11.3 Å². The van der Waals surface area contributed by atoms with Gasteiger partial charge in [-0.25, -0.2) is 14.2 Å². The van der Waals surface area contributed by atoms with E-state index in [1.165, 1.54) is 49.1 Å². The first kappa shape index (κ1) is 25.4. The van der Waals surface area contributed by atoms with E-state index in [9.17, 15) is 14.0 Å². The summed E-state index contributed by atoms with van der Waals surface area (Å²) in [6.45, 7) is 5.24. The fourth-order valence-electron chi connectivity index (χ4n) is 3.91. The van der Waals surface area contributed by atoms with E-state index in [1.54, 1.807) is 25.1 Å². The standard InChI is InChI=1S/C26H22ClFN2O5S/c1-5-11-35-25(32)22-14(2)29-26-30(23(22)15-9-10-19(33-3)20(12-15)34-4)24(31)21(36-26)13-16-17(27)7-6-8-18(16)28/h5-10,12-13,23H,1,11H2,2-4H3/b21-13-/t23-/m1/s1.